The van der Waals surface area contributed by atoms with Crippen molar-refractivity contribution in [3.05, 3.63) is 34.4 Å². The second kappa shape index (κ2) is 9.44. The zero-order chi connectivity index (χ0) is 16.5. The van der Waals surface area contributed by atoms with E-state index in [0.29, 0.717) is 5.92 Å². The number of nitro groups is 1. The molecule has 0 saturated heterocycles. The molecule has 0 amide bonds. The molecular weight excluding hydrogens is 276 g/mol. The molecule has 0 fully saturated rings. The quantitative estimate of drug-likeness (QED) is 0.459. The summed E-state index contributed by atoms with van der Waals surface area (Å²) in [6.45, 7) is 10.0. The highest BCUT2D eigenvalue weighted by molar-refractivity contribution is 5.48. The molecule has 1 rings (SSSR count). The molecule has 0 saturated carbocycles. The lowest BCUT2D eigenvalue weighted by Crippen LogP contribution is -2.16. The third-order valence-electron chi connectivity index (χ3n) is 3.98. The third-order valence-corrected chi connectivity index (χ3v) is 3.98. The SMILES string of the molecule is CC(C)CCC(CCC(C)C)CNc1ccc([N+](=O)[O-])cc1. The normalized spacial score (nSPS) is 11.4. The molecule has 4 nitrogen and oxygen atoms in total. The van der Waals surface area contributed by atoms with Crippen LogP contribution < -0.4 is 5.32 Å². The third kappa shape index (κ3) is 7.43. The van der Waals surface area contributed by atoms with Crippen LogP contribution in [0, 0.1) is 27.9 Å². The van der Waals surface area contributed by atoms with Gasteiger partial charge in [-0.25, -0.2) is 0 Å². The van der Waals surface area contributed by atoms with Gasteiger partial charge in [-0.3, -0.25) is 10.1 Å². The van der Waals surface area contributed by atoms with Crippen LogP contribution in [0.4, 0.5) is 11.4 Å². The summed E-state index contributed by atoms with van der Waals surface area (Å²) in [5.74, 6) is 2.14. The van der Waals surface area contributed by atoms with Crippen LogP contribution in [0.5, 0.6) is 0 Å². The monoisotopic (exact) mass is 306 g/mol. The highest BCUT2D eigenvalue weighted by atomic mass is 16.6. The van der Waals surface area contributed by atoms with Crippen LogP contribution in [0.25, 0.3) is 0 Å². The number of rotatable bonds is 10. The maximum atomic E-state index is 10.7. The molecule has 0 heterocycles. The molecular formula is C18H30N2O2. The maximum Gasteiger partial charge on any atom is 0.269 e. The van der Waals surface area contributed by atoms with Crippen molar-refractivity contribution < 1.29 is 4.92 Å². The van der Waals surface area contributed by atoms with Crippen LogP contribution in [0.15, 0.2) is 24.3 Å². The van der Waals surface area contributed by atoms with Crippen LogP contribution in [0.3, 0.4) is 0 Å². The minimum atomic E-state index is -0.363. The largest absolute Gasteiger partial charge is 0.385 e. The van der Waals surface area contributed by atoms with Gasteiger partial charge in [-0.15, -0.1) is 0 Å². The zero-order valence-corrected chi connectivity index (χ0v) is 14.3. The van der Waals surface area contributed by atoms with Gasteiger partial charge in [-0.05, 0) is 42.7 Å². The van der Waals surface area contributed by atoms with Crippen molar-refractivity contribution in [1.82, 2.24) is 0 Å². The number of nitrogens with one attached hydrogen (secondary N) is 1. The Balaban J connectivity index is 2.51. The molecule has 0 bridgehead atoms. The van der Waals surface area contributed by atoms with E-state index in [2.05, 4.69) is 33.0 Å². The van der Waals surface area contributed by atoms with Crippen molar-refractivity contribution in [2.75, 3.05) is 11.9 Å². The molecule has 22 heavy (non-hydrogen) atoms. The number of hydrogen-bond acceptors (Lipinski definition) is 3. The molecule has 124 valence electrons. The first-order valence-corrected chi connectivity index (χ1v) is 8.36. The van der Waals surface area contributed by atoms with Crippen molar-refractivity contribution in [3.63, 3.8) is 0 Å². The molecule has 1 aromatic rings. The van der Waals surface area contributed by atoms with E-state index in [9.17, 15) is 10.1 Å². The van der Waals surface area contributed by atoms with E-state index in [1.807, 2.05) is 0 Å². The summed E-state index contributed by atoms with van der Waals surface area (Å²) in [5.41, 5.74) is 1.10. The Morgan fingerprint density at radius 1 is 0.955 bits per heavy atom. The van der Waals surface area contributed by atoms with Crippen LogP contribution in [0.2, 0.25) is 0 Å². The first-order valence-electron chi connectivity index (χ1n) is 8.36. The maximum absolute atomic E-state index is 10.7. The Morgan fingerprint density at radius 2 is 1.45 bits per heavy atom. The Bertz CT molecular complexity index is 429. The second-order valence-corrected chi connectivity index (χ2v) is 6.99. The van der Waals surface area contributed by atoms with Gasteiger partial charge in [0.15, 0.2) is 0 Å². The van der Waals surface area contributed by atoms with E-state index in [0.717, 1.165) is 24.1 Å². The predicted molar refractivity (Wildman–Crippen MR) is 93.2 cm³/mol. The standard InChI is InChI=1S/C18H30N2O2/c1-14(2)5-7-16(8-6-15(3)4)13-19-17-9-11-18(12-10-17)20(21)22/h9-12,14-16,19H,5-8,13H2,1-4H3. The van der Waals surface area contributed by atoms with Crippen molar-refractivity contribution in [1.29, 1.82) is 0 Å². The van der Waals surface area contributed by atoms with Gasteiger partial charge in [-0.2, -0.15) is 0 Å². The summed E-state index contributed by atoms with van der Waals surface area (Å²) in [6, 6.07) is 6.69. The van der Waals surface area contributed by atoms with Crippen LogP contribution in [0.1, 0.15) is 53.4 Å². The minimum Gasteiger partial charge on any atom is -0.385 e. The van der Waals surface area contributed by atoms with Gasteiger partial charge in [-0.1, -0.05) is 40.5 Å². The molecule has 0 aliphatic carbocycles. The van der Waals surface area contributed by atoms with Gasteiger partial charge in [0, 0.05) is 24.4 Å². The van der Waals surface area contributed by atoms with Crippen LogP contribution in [-0.2, 0) is 0 Å². The van der Waals surface area contributed by atoms with Gasteiger partial charge < -0.3 is 5.32 Å². The Labute approximate surface area is 134 Å². The average molecular weight is 306 g/mol. The highest BCUT2D eigenvalue weighted by Crippen LogP contribution is 2.21. The lowest BCUT2D eigenvalue weighted by Gasteiger charge is -2.20. The first-order chi connectivity index (χ1) is 10.4. The van der Waals surface area contributed by atoms with Crippen molar-refractivity contribution in [2.45, 2.75) is 53.4 Å². The van der Waals surface area contributed by atoms with E-state index in [1.165, 1.54) is 25.7 Å². The molecule has 0 atom stereocenters. The van der Waals surface area contributed by atoms with E-state index in [1.54, 1.807) is 24.3 Å². The van der Waals surface area contributed by atoms with Crippen LogP contribution in [-0.4, -0.2) is 11.5 Å². The zero-order valence-electron chi connectivity index (χ0n) is 14.3. The van der Waals surface area contributed by atoms with E-state index < -0.39 is 0 Å². The fourth-order valence-corrected chi connectivity index (χ4v) is 2.45. The number of hydrogen-bond donors (Lipinski definition) is 1. The molecule has 0 aliphatic rings. The highest BCUT2D eigenvalue weighted by Gasteiger charge is 2.11. The van der Waals surface area contributed by atoms with Crippen molar-refractivity contribution in [3.8, 4) is 0 Å². The van der Waals surface area contributed by atoms with Crippen LogP contribution >= 0.6 is 0 Å². The lowest BCUT2D eigenvalue weighted by molar-refractivity contribution is -0.384. The molecule has 0 aromatic heterocycles. The molecule has 0 unspecified atom stereocenters. The predicted octanol–water partition coefficient (Wildman–Crippen LogP) is 5.50. The Kier molecular flexibility index (Phi) is 7.92. The van der Waals surface area contributed by atoms with E-state index >= 15 is 0 Å². The van der Waals surface area contributed by atoms with Gasteiger partial charge in [0.25, 0.3) is 5.69 Å². The van der Waals surface area contributed by atoms with E-state index in [4.69, 9.17) is 0 Å². The topological polar surface area (TPSA) is 55.2 Å². The Morgan fingerprint density at radius 3 is 1.86 bits per heavy atom. The first kappa shape index (κ1) is 18.5. The second-order valence-electron chi connectivity index (χ2n) is 6.99. The smallest absolute Gasteiger partial charge is 0.269 e. The number of non-ortho nitro benzene ring substituents is 1. The summed E-state index contributed by atoms with van der Waals surface area (Å²) in [6.07, 6.45) is 4.99. The fraction of sp³-hybridized carbons (Fsp3) is 0.667. The number of benzene rings is 1. The lowest BCUT2D eigenvalue weighted by atomic mass is 9.91. The average Bonchev–Trinajstić information content (AvgIpc) is 2.46. The molecule has 1 aromatic carbocycles. The summed E-state index contributed by atoms with van der Waals surface area (Å²) in [5, 5.41) is 14.1. The number of nitro benzene ring substituents is 1. The Hall–Kier alpha value is -1.58. The number of nitrogens with zero attached hydrogens (tertiary/aromatic N) is 1. The summed E-state index contributed by atoms with van der Waals surface area (Å²) < 4.78 is 0. The minimum absolute atomic E-state index is 0.140. The molecule has 0 spiro atoms. The van der Waals surface area contributed by atoms with Crippen molar-refractivity contribution in [2.24, 2.45) is 17.8 Å². The van der Waals surface area contributed by atoms with Gasteiger partial charge >= 0.3 is 0 Å². The fourth-order valence-electron chi connectivity index (χ4n) is 2.45. The van der Waals surface area contributed by atoms with E-state index in [-0.39, 0.29) is 10.6 Å². The molecule has 0 radical (unpaired) electrons. The van der Waals surface area contributed by atoms with Gasteiger partial charge in [0.2, 0.25) is 0 Å². The summed E-state index contributed by atoms with van der Waals surface area (Å²) >= 11 is 0. The van der Waals surface area contributed by atoms with Crippen molar-refractivity contribution >= 4 is 11.4 Å². The molecule has 4 heteroatoms. The van der Waals surface area contributed by atoms with Gasteiger partial charge in [0.1, 0.15) is 0 Å². The summed E-state index contributed by atoms with van der Waals surface area (Å²) in [7, 11) is 0. The molecule has 0 aliphatic heterocycles. The van der Waals surface area contributed by atoms with Gasteiger partial charge in [0.05, 0.1) is 4.92 Å². The molecule has 1 N–H and O–H groups in total. The summed E-state index contributed by atoms with van der Waals surface area (Å²) in [4.78, 5) is 10.3. The number of anilines is 1.